The maximum absolute atomic E-state index is 13.6. The molecule has 0 radical (unpaired) electrons. The minimum atomic E-state index is -0.298. The molecule has 102 valence electrons. The van der Waals surface area contributed by atoms with E-state index in [1.54, 1.807) is 6.07 Å². The van der Waals surface area contributed by atoms with E-state index >= 15 is 0 Å². The number of hydrogen-bond donors (Lipinski definition) is 1. The van der Waals surface area contributed by atoms with E-state index in [2.05, 4.69) is 40.0 Å². The van der Waals surface area contributed by atoms with Gasteiger partial charge in [0.25, 0.3) is 0 Å². The van der Waals surface area contributed by atoms with Crippen molar-refractivity contribution >= 4 is 39.2 Å². The van der Waals surface area contributed by atoms with Crippen LogP contribution < -0.4 is 0 Å². The molecule has 3 aromatic rings. The maximum atomic E-state index is 13.6. The highest BCUT2D eigenvalue weighted by molar-refractivity contribution is 9.10. The summed E-state index contributed by atoms with van der Waals surface area (Å²) in [6, 6.07) is 13.4. The van der Waals surface area contributed by atoms with E-state index in [1.165, 1.54) is 6.07 Å². The number of rotatable bonds is 2. The van der Waals surface area contributed by atoms with Crippen LogP contribution in [0.15, 0.2) is 46.9 Å². The molecule has 20 heavy (non-hydrogen) atoms. The van der Waals surface area contributed by atoms with Gasteiger partial charge in [0.1, 0.15) is 5.82 Å². The van der Waals surface area contributed by atoms with Crippen LogP contribution >= 0.6 is 28.1 Å². The molecule has 2 aromatic carbocycles. The first-order chi connectivity index (χ1) is 9.58. The summed E-state index contributed by atoms with van der Waals surface area (Å²) in [5.74, 6) is -0.298. The Morgan fingerprint density at radius 3 is 2.65 bits per heavy atom. The Bertz CT molecular complexity index is 823. The quantitative estimate of drug-likeness (QED) is 0.629. The first kappa shape index (κ1) is 13.5. The van der Waals surface area contributed by atoms with Crippen LogP contribution in [0.4, 0.5) is 4.39 Å². The molecule has 0 bridgehead atoms. The second-order valence-electron chi connectivity index (χ2n) is 4.67. The zero-order valence-corrected chi connectivity index (χ0v) is 13.1. The number of halogens is 2. The highest BCUT2D eigenvalue weighted by Crippen LogP contribution is 2.28. The molecule has 0 aliphatic heterocycles. The van der Waals surface area contributed by atoms with Gasteiger partial charge in [-0.3, -0.25) is 0 Å². The Kier molecular flexibility index (Phi) is 3.48. The Morgan fingerprint density at radius 2 is 1.95 bits per heavy atom. The van der Waals surface area contributed by atoms with E-state index in [-0.39, 0.29) is 11.9 Å². The molecule has 0 fully saturated rings. The van der Waals surface area contributed by atoms with E-state index in [0.29, 0.717) is 14.8 Å². The number of fused-ring (bicyclic) bond motifs is 1. The van der Waals surface area contributed by atoms with Gasteiger partial charge in [-0.05, 0) is 46.7 Å². The average Bonchev–Trinajstić information content (AvgIpc) is 2.75. The fraction of sp³-hybridized carbons (Fsp3) is 0.133. The Hall–Kier alpha value is -1.46. The van der Waals surface area contributed by atoms with Gasteiger partial charge >= 0.3 is 0 Å². The van der Waals surface area contributed by atoms with Crippen molar-refractivity contribution in [3.8, 4) is 0 Å². The fourth-order valence-electron chi connectivity index (χ4n) is 2.39. The van der Waals surface area contributed by atoms with Gasteiger partial charge in [-0.25, -0.2) is 4.39 Å². The minimum absolute atomic E-state index is 0.0785. The van der Waals surface area contributed by atoms with Crippen molar-refractivity contribution in [2.24, 2.45) is 0 Å². The molecule has 0 spiro atoms. The Balaban J connectivity index is 2.24. The van der Waals surface area contributed by atoms with E-state index in [0.717, 1.165) is 11.1 Å². The van der Waals surface area contributed by atoms with Gasteiger partial charge in [-0.2, -0.15) is 0 Å². The number of H-pyrrole nitrogens is 1. The average molecular weight is 351 g/mol. The van der Waals surface area contributed by atoms with Crippen molar-refractivity contribution in [2.75, 3.05) is 0 Å². The maximum Gasteiger partial charge on any atom is 0.178 e. The molecule has 0 aliphatic rings. The highest BCUT2D eigenvalue weighted by Gasteiger charge is 2.14. The molecule has 0 saturated carbocycles. The third-order valence-electron chi connectivity index (χ3n) is 3.43. The van der Waals surface area contributed by atoms with E-state index < -0.39 is 0 Å². The van der Waals surface area contributed by atoms with Gasteiger partial charge in [-0.15, -0.1) is 0 Å². The normalized spacial score (nSPS) is 12.8. The molecule has 0 amide bonds. The van der Waals surface area contributed by atoms with E-state index in [4.69, 9.17) is 12.2 Å². The van der Waals surface area contributed by atoms with Gasteiger partial charge in [0.15, 0.2) is 4.77 Å². The molecule has 3 rings (SSSR count). The van der Waals surface area contributed by atoms with Gasteiger partial charge in [0, 0.05) is 6.07 Å². The smallest absolute Gasteiger partial charge is 0.178 e. The largest absolute Gasteiger partial charge is 0.330 e. The van der Waals surface area contributed by atoms with Gasteiger partial charge in [0.2, 0.25) is 0 Å². The number of aromatic nitrogens is 2. The number of imidazole rings is 1. The van der Waals surface area contributed by atoms with E-state index in [1.807, 2.05) is 22.8 Å². The molecule has 2 nitrogen and oxygen atoms in total. The zero-order chi connectivity index (χ0) is 14.3. The van der Waals surface area contributed by atoms with Crippen molar-refractivity contribution in [3.05, 3.63) is 63.1 Å². The third-order valence-corrected chi connectivity index (χ3v) is 4.33. The molecule has 5 heteroatoms. The second kappa shape index (κ2) is 5.14. The Labute approximate surface area is 129 Å². The molecule has 1 heterocycles. The lowest BCUT2D eigenvalue weighted by Gasteiger charge is -2.15. The summed E-state index contributed by atoms with van der Waals surface area (Å²) < 4.78 is 16.6. The molecule has 1 atom stereocenters. The summed E-state index contributed by atoms with van der Waals surface area (Å²) in [6.07, 6.45) is 0. The van der Waals surface area contributed by atoms with Crippen LogP contribution in [-0.2, 0) is 0 Å². The van der Waals surface area contributed by atoms with Gasteiger partial charge < -0.3 is 9.55 Å². The lowest BCUT2D eigenvalue weighted by molar-refractivity contribution is 0.621. The van der Waals surface area contributed by atoms with Crippen molar-refractivity contribution in [1.82, 2.24) is 9.55 Å². The first-order valence-corrected chi connectivity index (χ1v) is 7.42. The van der Waals surface area contributed by atoms with Gasteiger partial charge in [-0.1, -0.05) is 30.3 Å². The number of aromatic amines is 1. The van der Waals surface area contributed by atoms with Crippen LogP contribution in [0.25, 0.3) is 11.0 Å². The Morgan fingerprint density at radius 1 is 1.25 bits per heavy atom. The first-order valence-electron chi connectivity index (χ1n) is 6.22. The number of benzene rings is 2. The van der Waals surface area contributed by atoms with Crippen LogP contribution in [-0.4, -0.2) is 9.55 Å². The molecule has 1 aromatic heterocycles. The van der Waals surface area contributed by atoms with Crippen molar-refractivity contribution in [1.29, 1.82) is 0 Å². The minimum Gasteiger partial charge on any atom is -0.330 e. The van der Waals surface area contributed by atoms with Crippen molar-refractivity contribution < 1.29 is 4.39 Å². The van der Waals surface area contributed by atoms with Crippen LogP contribution in [0.5, 0.6) is 0 Å². The molecule has 1 N–H and O–H groups in total. The van der Waals surface area contributed by atoms with Crippen molar-refractivity contribution in [2.45, 2.75) is 13.0 Å². The standard InChI is InChI=1S/C15H12BrFN2S/c1-9(10-5-3-2-4-6-10)19-14-7-11(16)12(17)8-13(14)18-15(19)20/h2-9H,1H3,(H,18,20). The van der Waals surface area contributed by atoms with Crippen molar-refractivity contribution in [3.63, 3.8) is 0 Å². The van der Waals surface area contributed by atoms with Crippen LogP contribution in [0, 0.1) is 10.6 Å². The molecular formula is C15H12BrFN2S. The highest BCUT2D eigenvalue weighted by atomic mass is 79.9. The summed E-state index contributed by atoms with van der Waals surface area (Å²) in [4.78, 5) is 3.06. The topological polar surface area (TPSA) is 20.7 Å². The lowest BCUT2D eigenvalue weighted by Crippen LogP contribution is -2.06. The zero-order valence-electron chi connectivity index (χ0n) is 10.7. The second-order valence-corrected chi connectivity index (χ2v) is 5.91. The molecule has 0 aliphatic carbocycles. The predicted octanol–water partition coefficient (Wildman–Crippen LogP) is 5.21. The predicted molar refractivity (Wildman–Crippen MR) is 85.0 cm³/mol. The van der Waals surface area contributed by atoms with Gasteiger partial charge in [0.05, 0.1) is 21.5 Å². The fourth-order valence-corrected chi connectivity index (χ4v) is 3.08. The van der Waals surface area contributed by atoms with Crippen LogP contribution in [0.1, 0.15) is 18.5 Å². The molecule has 1 unspecified atom stereocenters. The summed E-state index contributed by atoms with van der Waals surface area (Å²) >= 11 is 8.61. The monoisotopic (exact) mass is 350 g/mol. The van der Waals surface area contributed by atoms with E-state index in [9.17, 15) is 4.39 Å². The lowest BCUT2D eigenvalue weighted by atomic mass is 10.1. The summed E-state index contributed by atoms with van der Waals surface area (Å²) in [5.41, 5.74) is 2.75. The third kappa shape index (κ3) is 2.21. The van der Waals surface area contributed by atoms with Crippen LogP contribution in [0.3, 0.4) is 0 Å². The SMILES string of the molecule is CC(c1ccccc1)n1c(=S)[nH]c2cc(F)c(Br)cc21. The number of nitrogens with zero attached hydrogens (tertiary/aromatic N) is 1. The molecule has 0 saturated heterocycles. The number of hydrogen-bond acceptors (Lipinski definition) is 1. The summed E-state index contributed by atoms with van der Waals surface area (Å²) in [5, 5.41) is 0. The summed E-state index contributed by atoms with van der Waals surface area (Å²) in [6.45, 7) is 2.08. The number of nitrogens with one attached hydrogen (secondary N) is 1. The summed E-state index contributed by atoms with van der Waals surface area (Å²) in [7, 11) is 0. The van der Waals surface area contributed by atoms with Crippen LogP contribution in [0.2, 0.25) is 0 Å². The molecular weight excluding hydrogens is 339 g/mol.